The minimum Gasteiger partial charge on any atom is -0.454 e. The Kier molecular flexibility index (Phi) is 3.65. The Morgan fingerprint density at radius 1 is 1.12 bits per heavy atom. The van der Waals surface area contributed by atoms with Crippen molar-refractivity contribution in [3.05, 3.63) is 47.5 Å². The van der Waals surface area contributed by atoms with Gasteiger partial charge in [-0.1, -0.05) is 44.2 Å². The second-order valence-electron chi connectivity index (χ2n) is 6.97. The molecule has 128 valence electrons. The number of hydrogen-bond acceptors (Lipinski definition) is 5. The zero-order chi connectivity index (χ0) is 17.6. The molecule has 1 aliphatic heterocycles. The van der Waals surface area contributed by atoms with Gasteiger partial charge in [-0.05, 0) is 23.1 Å². The molecule has 1 N–H and O–H groups in total. The number of carbonyl (C=O) groups excluding carboxylic acids is 1. The number of ether oxygens (including phenoxy) is 2. The van der Waals surface area contributed by atoms with Crippen molar-refractivity contribution in [2.75, 3.05) is 12.1 Å². The number of thiazole rings is 1. The molecule has 0 saturated carbocycles. The average Bonchev–Trinajstić information content (AvgIpc) is 3.16. The third-order valence-corrected chi connectivity index (χ3v) is 5.05. The second-order valence-corrected chi connectivity index (χ2v) is 8.00. The van der Waals surface area contributed by atoms with Gasteiger partial charge in [0, 0.05) is 17.7 Å². The van der Waals surface area contributed by atoms with E-state index in [-0.39, 0.29) is 18.1 Å². The van der Waals surface area contributed by atoms with Gasteiger partial charge < -0.3 is 9.47 Å². The molecule has 0 radical (unpaired) electrons. The molecule has 0 bridgehead atoms. The largest absolute Gasteiger partial charge is 0.454 e. The predicted octanol–water partition coefficient (Wildman–Crippen LogP) is 4.57. The maximum absolute atomic E-state index is 12.5. The van der Waals surface area contributed by atoms with Crippen LogP contribution in [0.4, 0.5) is 5.13 Å². The van der Waals surface area contributed by atoms with E-state index in [9.17, 15) is 4.79 Å². The lowest BCUT2D eigenvalue weighted by atomic mass is 9.87. The first-order chi connectivity index (χ1) is 11.9. The Labute approximate surface area is 149 Å². The van der Waals surface area contributed by atoms with Crippen LogP contribution in [0.5, 0.6) is 11.5 Å². The summed E-state index contributed by atoms with van der Waals surface area (Å²) in [5.41, 5.74) is 2.65. The van der Waals surface area contributed by atoms with Crippen LogP contribution in [0.3, 0.4) is 0 Å². The van der Waals surface area contributed by atoms with Gasteiger partial charge in [0.25, 0.3) is 5.91 Å². The van der Waals surface area contributed by atoms with Crippen LogP contribution in [-0.4, -0.2) is 17.7 Å². The third kappa shape index (κ3) is 3.05. The summed E-state index contributed by atoms with van der Waals surface area (Å²) in [6, 6.07) is 11.4. The zero-order valence-electron chi connectivity index (χ0n) is 14.3. The average molecular weight is 354 g/mol. The summed E-state index contributed by atoms with van der Waals surface area (Å²) < 4.78 is 11.7. The molecule has 1 amide bonds. The summed E-state index contributed by atoms with van der Waals surface area (Å²) in [6.07, 6.45) is 0. The molecule has 6 heteroatoms. The number of amides is 1. The Morgan fingerprint density at radius 3 is 2.48 bits per heavy atom. The lowest BCUT2D eigenvalue weighted by molar-refractivity contribution is 0.102. The van der Waals surface area contributed by atoms with E-state index in [0.717, 1.165) is 10.2 Å². The highest BCUT2D eigenvalue weighted by atomic mass is 32.1. The van der Waals surface area contributed by atoms with Crippen LogP contribution in [-0.2, 0) is 5.41 Å². The van der Waals surface area contributed by atoms with Gasteiger partial charge in [0.2, 0.25) is 6.79 Å². The normalized spacial score (nSPS) is 13.2. The first kappa shape index (κ1) is 15.9. The topological polar surface area (TPSA) is 60.5 Å². The van der Waals surface area contributed by atoms with Crippen molar-refractivity contribution in [3.8, 4) is 11.5 Å². The fourth-order valence-electron chi connectivity index (χ4n) is 2.66. The van der Waals surface area contributed by atoms with Crippen LogP contribution in [0.2, 0.25) is 0 Å². The van der Waals surface area contributed by atoms with Gasteiger partial charge >= 0.3 is 0 Å². The van der Waals surface area contributed by atoms with E-state index in [2.05, 4.69) is 31.1 Å². The van der Waals surface area contributed by atoms with Gasteiger partial charge in [-0.2, -0.15) is 0 Å². The lowest BCUT2D eigenvalue weighted by Gasteiger charge is -2.18. The molecule has 4 rings (SSSR count). The van der Waals surface area contributed by atoms with Crippen LogP contribution in [0, 0.1) is 0 Å². The molecule has 25 heavy (non-hydrogen) atoms. The Balaban J connectivity index is 1.55. The molecule has 0 fully saturated rings. The van der Waals surface area contributed by atoms with E-state index >= 15 is 0 Å². The number of fused-ring (bicyclic) bond motifs is 2. The van der Waals surface area contributed by atoms with Crippen LogP contribution < -0.4 is 14.8 Å². The molecule has 0 saturated heterocycles. The highest BCUT2D eigenvalue weighted by Crippen LogP contribution is 2.39. The summed E-state index contributed by atoms with van der Waals surface area (Å²) in [7, 11) is 0. The van der Waals surface area contributed by atoms with Crippen molar-refractivity contribution in [2.24, 2.45) is 0 Å². The van der Waals surface area contributed by atoms with E-state index < -0.39 is 0 Å². The van der Waals surface area contributed by atoms with Crippen LogP contribution in [0.25, 0.3) is 10.2 Å². The number of hydrogen-bond donors (Lipinski definition) is 1. The smallest absolute Gasteiger partial charge is 0.257 e. The van der Waals surface area contributed by atoms with E-state index in [0.29, 0.717) is 22.2 Å². The first-order valence-electron chi connectivity index (χ1n) is 8.02. The molecule has 0 unspecified atom stereocenters. The highest BCUT2D eigenvalue weighted by molar-refractivity contribution is 7.22. The van der Waals surface area contributed by atoms with Crippen molar-refractivity contribution < 1.29 is 14.3 Å². The van der Waals surface area contributed by atoms with Gasteiger partial charge in [0.1, 0.15) is 0 Å². The van der Waals surface area contributed by atoms with Gasteiger partial charge in [-0.15, -0.1) is 0 Å². The van der Waals surface area contributed by atoms with E-state index in [1.54, 1.807) is 0 Å². The molecular formula is C19H18N2O3S. The fraction of sp³-hybridized carbons (Fsp3) is 0.263. The van der Waals surface area contributed by atoms with E-state index in [1.165, 1.54) is 16.9 Å². The number of benzene rings is 2. The summed E-state index contributed by atoms with van der Waals surface area (Å²) in [5, 5.41) is 3.43. The molecular weight excluding hydrogens is 336 g/mol. The molecule has 3 aromatic rings. The van der Waals surface area contributed by atoms with Crippen molar-refractivity contribution in [3.63, 3.8) is 0 Å². The summed E-state index contributed by atoms with van der Waals surface area (Å²) in [5.74, 6) is 1.24. The van der Waals surface area contributed by atoms with Gasteiger partial charge in [-0.3, -0.25) is 10.1 Å². The standard InChI is InChI=1S/C19H18N2O3S/c1-19(2,3)12-6-4-11(5-7-12)17(22)21-18-20-13-8-14-15(24-10-23-14)9-16(13)25-18/h4-9H,10H2,1-3H3,(H,20,21,22). The summed E-state index contributed by atoms with van der Waals surface area (Å²) in [4.78, 5) is 16.9. The Bertz CT molecular complexity index is 914. The van der Waals surface area contributed by atoms with Crippen LogP contribution >= 0.6 is 11.3 Å². The summed E-state index contributed by atoms with van der Waals surface area (Å²) in [6.45, 7) is 6.68. The molecule has 2 aromatic carbocycles. The SMILES string of the molecule is CC(C)(C)c1ccc(C(=O)Nc2nc3cc4c(cc3s2)OCO4)cc1. The predicted molar refractivity (Wildman–Crippen MR) is 98.8 cm³/mol. The molecule has 0 atom stereocenters. The van der Waals surface area contributed by atoms with Crippen LogP contribution in [0.1, 0.15) is 36.7 Å². The number of carbonyl (C=O) groups is 1. The highest BCUT2D eigenvalue weighted by Gasteiger charge is 2.18. The molecule has 5 nitrogen and oxygen atoms in total. The number of nitrogens with zero attached hydrogens (tertiary/aromatic N) is 1. The van der Waals surface area contributed by atoms with Crippen molar-refractivity contribution >= 4 is 32.6 Å². The fourth-order valence-corrected chi connectivity index (χ4v) is 3.53. The first-order valence-corrected chi connectivity index (χ1v) is 8.84. The van der Waals surface area contributed by atoms with Gasteiger partial charge in [-0.25, -0.2) is 4.98 Å². The monoisotopic (exact) mass is 354 g/mol. The number of anilines is 1. The van der Waals surface area contributed by atoms with Gasteiger partial charge in [0.15, 0.2) is 16.6 Å². The molecule has 2 heterocycles. The minimum atomic E-state index is -0.167. The minimum absolute atomic E-state index is 0.0621. The number of aromatic nitrogens is 1. The zero-order valence-corrected chi connectivity index (χ0v) is 15.1. The van der Waals surface area contributed by atoms with Crippen molar-refractivity contribution in [2.45, 2.75) is 26.2 Å². The maximum atomic E-state index is 12.5. The Hall–Kier alpha value is -2.60. The van der Waals surface area contributed by atoms with Crippen molar-refractivity contribution in [1.82, 2.24) is 4.98 Å². The van der Waals surface area contributed by atoms with E-state index in [4.69, 9.17) is 9.47 Å². The second kappa shape index (κ2) is 5.74. The molecule has 0 aliphatic carbocycles. The van der Waals surface area contributed by atoms with Crippen molar-refractivity contribution in [1.29, 1.82) is 0 Å². The maximum Gasteiger partial charge on any atom is 0.257 e. The van der Waals surface area contributed by atoms with Crippen LogP contribution in [0.15, 0.2) is 36.4 Å². The third-order valence-electron chi connectivity index (χ3n) is 4.12. The van der Waals surface area contributed by atoms with Gasteiger partial charge in [0.05, 0.1) is 10.2 Å². The quantitative estimate of drug-likeness (QED) is 0.732. The van der Waals surface area contributed by atoms with E-state index in [1.807, 2.05) is 36.4 Å². The summed E-state index contributed by atoms with van der Waals surface area (Å²) >= 11 is 1.42. The molecule has 1 aromatic heterocycles. The number of nitrogens with one attached hydrogen (secondary N) is 1. The molecule has 0 spiro atoms. The molecule has 1 aliphatic rings. The number of rotatable bonds is 2. The lowest BCUT2D eigenvalue weighted by Crippen LogP contribution is -2.14. The Morgan fingerprint density at radius 2 is 1.80 bits per heavy atom.